The zero-order valence-corrected chi connectivity index (χ0v) is 24.9. The molecular formula is C27H34F3N3O5SSi. The highest BCUT2D eigenvalue weighted by Gasteiger charge is 2.38. The van der Waals surface area contributed by atoms with E-state index in [0.717, 1.165) is 29.8 Å². The number of hydrogen-bond donors (Lipinski definition) is 1. The van der Waals surface area contributed by atoms with Crippen molar-refractivity contribution in [3.63, 3.8) is 0 Å². The van der Waals surface area contributed by atoms with Crippen LogP contribution in [-0.4, -0.2) is 47.1 Å². The molecule has 8 nitrogen and oxygen atoms in total. The number of nitrogens with one attached hydrogen (secondary N) is 1. The van der Waals surface area contributed by atoms with E-state index >= 15 is 0 Å². The van der Waals surface area contributed by atoms with Crippen molar-refractivity contribution in [1.29, 1.82) is 5.26 Å². The average Bonchev–Trinajstić information content (AvgIpc) is 2.87. The maximum absolute atomic E-state index is 13.0. The first-order valence-corrected chi connectivity index (χ1v) is 17.0. The summed E-state index contributed by atoms with van der Waals surface area (Å²) in [6.07, 6.45) is -3.39. The van der Waals surface area contributed by atoms with Crippen molar-refractivity contribution in [3.05, 3.63) is 71.4 Å². The van der Waals surface area contributed by atoms with Gasteiger partial charge in [-0.05, 0) is 66.2 Å². The van der Waals surface area contributed by atoms with E-state index in [0.29, 0.717) is 17.7 Å². The number of ether oxygens (including phenoxy) is 1. The fourth-order valence-corrected chi connectivity index (χ4v) is 5.96. The molecule has 1 unspecified atom stereocenters. The Morgan fingerprint density at radius 3 is 2.35 bits per heavy atom. The highest BCUT2D eigenvalue weighted by Crippen LogP contribution is 2.37. The molecule has 0 bridgehead atoms. The molecule has 0 aromatic heterocycles. The number of nitriles is 1. The van der Waals surface area contributed by atoms with E-state index in [1.54, 1.807) is 24.3 Å². The van der Waals surface area contributed by atoms with Gasteiger partial charge in [0.05, 0.1) is 23.1 Å². The molecule has 2 aromatic carbocycles. The van der Waals surface area contributed by atoms with Gasteiger partial charge in [-0.25, -0.2) is 8.42 Å². The molecule has 1 aliphatic rings. The topological polar surface area (TPSA) is 101 Å². The van der Waals surface area contributed by atoms with E-state index in [9.17, 15) is 26.9 Å². The Balaban J connectivity index is 1.68. The molecule has 0 fully saturated rings. The molecule has 0 radical (unpaired) electrons. The average molecular weight is 598 g/mol. The van der Waals surface area contributed by atoms with Crippen LogP contribution in [0.1, 0.15) is 44.4 Å². The van der Waals surface area contributed by atoms with Crippen LogP contribution in [0, 0.1) is 11.3 Å². The van der Waals surface area contributed by atoms with Gasteiger partial charge in [0.15, 0.2) is 8.32 Å². The first-order valence-electron chi connectivity index (χ1n) is 12.6. The first-order chi connectivity index (χ1) is 18.5. The molecule has 0 aliphatic carbocycles. The van der Waals surface area contributed by atoms with Gasteiger partial charge in [-0.2, -0.15) is 9.57 Å². The number of nitrogens with zero attached hydrogens (tertiary/aromatic N) is 2. The summed E-state index contributed by atoms with van der Waals surface area (Å²) >= 11 is 0. The number of hydrogen-bond acceptors (Lipinski definition) is 7. The minimum atomic E-state index is -4.86. The summed E-state index contributed by atoms with van der Waals surface area (Å²) in [5, 5.41) is 9.32. The molecule has 2 aromatic rings. The number of benzene rings is 2. The second-order valence-electron chi connectivity index (χ2n) is 10.9. The largest absolute Gasteiger partial charge is 0.573 e. The quantitative estimate of drug-likeness (QED) is 0.264. The van der Waals surface area contributed by atoms with Gasteiger partial charge in [-0.3, -0.25) is 10.3 Å². The third-order valence-corrected chi connectivity index (χ3v) is 13.4. The van der Waals surface area contributed by atoms with Crippen LogP contribution in [0.2, 0.25) is 18.1 Å². The van der Waals surface area contributed by atoms with E-state index in [-0.39, 0.29) is 29.6 Å². The van der Waals surface area contributed by atoms with Crippen LogP contribution in [0.15, 0.2) is 65.2 Å². The van der Waals surface area contributed by atoms with Crippen molar-refractivity contribution in [1.82, 2.24) is 9.79 Å². The van der Waals surface area contributed by atoms with Crippen LogP contribution < -0.4 is 10.2 Å². The van der Waals surface area contributed by atoms with E-state index in [1.807, 2.05) is 6.07 Å². The van der Waals surface area contributed by atoms with Gasteiger partial charge >= 0.3 is 6.36 Å². The van der Waals surface area contributed by atoms with Gasteiger partial charge in [0.25, 0.3) is 0 Å². The molecule has 0 saturated heterocycles. The molecule has 1 N–H and O–H groups in total. The smallest absolute Gasteiger partial charge is 0.414 e. The van der Waals surface area contributed by atoms with Crippen molar-refractivity contribution in [2.45, 2.75) is 62.7 Å². The molecule has 40 heavy (non-hydrogen) atoms. The van der Waals surface area contributed by atoms with Crippen LogP contribution >= 0.6 is 0 Å². The van der Waals surface area contributed by atoms with Gasteiger partial charge in [0.2, 0.25) is 10.0 Å². The van der Waals surface area contributed by atoms with Crippen LogP contribution in [0.5, 0.6) is 5.75 Å². The van der Waals surface area contributed by atoms with Crippen molar-refractivity contribution >= 4 is 18.3 Å². The number of rotatable bonds is 10. The summed E-state index contributed by atoms with van der Waals surface area (Å²) < 4.78 is 74.6. The number of sulfonamides is 1. The molecule has 13 heteroatoms. The summed E-state index contributed by atoms with van der Waals surface area (Å²) in [7, 11) is -6.02. The maximum Gasteiger partial charge on any atom is 0.573 e. The molecule has 3 rings (SSSR count). The zero-order valence-electron chi connectivity index (χ0n) is 23.1. The predicted octanol–water partition coefficient (Wildman–Crippen LogP) is 6.02. The van der Waals surface area contributed by atoms with Crippen LogP contribution in [0.3, 0.4) is 0 Å². The SMILES string of the molecule is CC(C)(C)[Si](C)(C)OCC(ONC1=CCN(S(=O)(=O)c2ccc(OC(F)(F)F)cc2)CC1)c1cccc(C#N)c1. The van der Waals surface area contributed by atoms with E-state index in [4.69, 9.17) is 9.26 Å². The summed E-state index contributed by atoms with van der Waals surface area (Å²) in [6.45, 7) is 11.1. The molecule has 1 heterocycles. The van der Waals surface area contributed by atoms with Crippen LogP contribution in [-0.2, 0) is 19.3 Å². The molecule has 1 aliphatic heterocycles. The first kappa shape index (κ1) is 31.6. The lowest BCUT2D eigenvalue weighted by atomic mass is 10.1. The number of hydroxylamine groups is 1. The second kappa shape index (κ2) is 12.3. The number of alkyl halides is 3. The minimum absolute atomic E-state index is 0.00793. The lowest BCUT2D eigenvalue weighted by molar-refractivity contribution is -0.274. The summed E-state index contributed by atoms with van der Waals surface area (Å²) in [5.41, 5.74) is 4.88. The van der Waals surface area contributed by atoms with Crippen LogP contribution in [0.4, 0.5) is 13.2 Å². The Labute approximate surface area is 234 Å². The molecule has 0 spiro atoms. The van der Waals surface area contributed by atoms with E-state index in [2.05, 4.69) is 50.2 Å². The Morgan fingerprint density at radius 2 is 1.80 bits per heavy atom. The van der Waals surface area contributed by atoms with Crippen molar-refractivity contribution in [2.75, 3.05) is 19.7 Å². The Kier molecular flexibility index (Phi) is 9.74. The second-order valence-corrected chi connectivity index (χ2v) is 17.6. The van der Waals surface area contributed by atoms with E-state index in [1.165, 1.54) is 4.31 Å². The summed E-state index contributed by atoms with van der Waals surface area (Å²) in [6, 6.07) is 13.3. The standard InChI is InChI=1S/C27H34F3N3O5SSi/c1-26(2,3)40(4,5)36-19-25(21-8-6-7-20(17-21)18-31)38-32-22-13-15-33(16-14-22)39(34,35)24-11-9-23(10-12-24)37-27(28,29)30/h6-13,17,25,32H,14-16,19H2,1-5H3. The minimum Gasteiger partial charge on any atom is -0.414 e. The Morgan fingerprint density at radius 1 is 1.12 bits per heavy atom. The number of halogens is 3. The lowest BCUT2D eigenvalue weighted by Gasteiger charge is -2.37. The third-order valence-electron chi connectivity index (χ3n) is 6.99. The molecule has 0 amide bonds. The van der Waals surface area contributed by atoms with Crippen molar-refractivity contribution < 1.29 is 35.6 Å². The molecule has 218 valence electrons. The summed E-state index contributed by atoms with van der Waals surface area (Å²) in [5.74, 6) is -0.499. The third kappa shape index (κ3) is 8.31. The highest BCUT2D eigenvalue weighted by atomic mass is 32.2. The van der Waals surface area contributed by atoms with Crippen molar-refractivity contribution in [2.24, 2.45) is 0 Å². The van der Waals surface area contributed by atoms with Gasteiger partial charge < -0.3 is 9.16 Å². The predicted molar refractivity (Wildman–Crippen MR) is 146 cm³/mol. The lowest BCUT2D eigenvalue weighted by Crippen LogP contribution is -2.42. The van der Waals surface area contributed by atoms with Crippen LogP contribution in [0.25, 0.3) is 0 Å². The fraction of sp³-hybridized carbons (Fsp3) is 0.444. The normalized spacial score (nSPS) is 16.1. The monoisotopic (exact) mass is 597 g/mol. The molecule has 0 saturated carbocycles. The van der Waals surface area contributed by atoms with Gasteiger partial charge in [-0.1, -0.05) is 32.9 Å². The fourth-order valence-electron chi connectivity index (χ4n) is 3.58. The Bertz CT molecular complexity index is 1350. The van der Waals surface area contributed by atoms with Gasteiger partial charge in [0.1, 0.15) is 11.9 Å². The molecule has 1 atom stereocenters. The highest BCUT2D eigenvalue weighted by molar-refractivity contribution is 7.89. The van der Waals surface area contributed by atoms with E-state index < -0.39 is 36.6 Å². The maximum atomic E-state index is 13.0. The Hall–Kier alpha value is -2.89. The van der Waals surface area contributed by atoms with Crippen molar-refractivity contribution in [3.8, 4) is 11.8 Å². The molecular weight excluding hydrogens is 563 g/mol. The zero-order chi connectivity index (χ0) is 29.8. The van der Waals surface area contributed by atoms with Gasteiger partial charge in [0, 0.05) is 25.2 Å². The summed E-state index contributed by atoms with van der Waals surface area (Å²) in [4.78, 5) is 5.89. The van der Waals surface area contributed by atoms with Gasteiger partial charge in [-0.15, -0.1) is 13.2 Å².